The number of carbonyl (C=O) groups excluding carboxylic acids is 1. The lowest BCUT2D eigenvalue weighted by Crippen LogP contribution is -2.48. The van der Waals surface area contributed by atoms with Crippen LogP contribution >= 0.6 is 11.3 Å². The highest BCUT2D eigenvalue weighted by Gasteiger charge is 2.20. The van der Waals surface area contributed by atoms with E-state index in [-0.39, 0.29) is 5.91 Å². The Kier molecular flexibility index (Phi) is 5.41. The Labute approximate surface area is 162 Å². The standard InChI is InChI=1S/C20H21N5OS/c26-19(23-20-22-17(15-27-20)16-6-2-1-3-7-16)14-24-10-12-25(13-11-24)18-8-4-5-9-21-18/h1-9,15H,10-14H2,(H,22,23,26). The van der Waals surface area contributed by atoms with E-state index < -0.39 is 0 Å². The number of benzene rings is 1. The number of nitrogens with one attached hydrogen (secondary N) is 1. The van der Waals surface area contributed by atoms with Crippen LogP contribution in [0.25, 0.3) is 11.3 Å². The van der Waals surface area contributed by atoms with Crippen LogP contribution in [0, 0.1) is 0 Å². The summed E-state index contributed by atoms with van der Waals surface area (Å²) in [5.41, 5.74) is 1.94. The average molecular weight is 379 g/mol. The quantitative estimate of drug-likeness (QED) is 0.738. The van der Waals surface area contributed by atoms with Crippen molar-refractivity contribution < 1.29 is 4.79 Å². The van der Waals surface area contributed by atoms with Gasteiger partial charge in [0.1, 0.15) is 5.82 Å². The Morgan fingerprint density at radius 3 is 2.56 bits per heavy atom. The molecule has 0 saturated carbocycles. The lowest BCUT2D eigenvalue weighted by Gasteiger charge is -2.34. The fourth-order valence-corrected chi connectivity index (χ4v) is 3.85. The van der Waals surface area contributed by atoms with Crippen molar-refractivity contribution in [2.75, 3.05) is 42.9 Å². The van der Waals surface area contributed by atoms with Gasteiger partial charge in [0, 0.05) is 43.3 Å². The maximum atomic E-state index is 12.4. The maximum Gasteiger partial charge on any atom is 0.240 e. The molecule has 0 spiro atoms. The van der Waals surface area contributed by atoms with Crippen LogP contribution in [0.15, 0.2) is 60.1 Å². The van der Waals surface area contributed by atoms with E-state index in [2.05, 4.69) is 25.1 Å². The number of hydrogen-bond donors (Lipinski definition) is 1. The number of piperazine rings is 1. The van der Waals surface area contributed by atoms with Crippen molar-refractivity contribution >= 4 is 28.2 Å². The number of amides is 1. The smallest absolute Gasteiger partial charge is 0.240 e. The fourth-order valence-electron chi connectivity index (χ4n) is 3.11. The number of thiazole rings is 1. The molecule has 2 aromatic heterocycles. The van der Waals surface area contributed by atoms with Crippen LogP contribution in [0.4, 0.5) is 10.9 Å². The molecule has 3 aromatic rings. The summed E-state index contributed by atoms with van der Waals surface area (Å²) in [6.45, 7) is 3.82. The summed E-state index contributed by atoms with van der Waals surface area (Å²) in [5, 5.41) is 5.54. The molecular weight excluding hydrogens is 358 g/mol. The second-order valence-corrected chi connectivity index (χ2v) is 7.26. The summed E-state index contributed by atoms with van der Waals surface area (Å²) in [6, 6.07) is 15.9. The largest absolute Gasteiger partial charge is 0.354 e. The predicted molar refractivity (Wildman–Crippen MR) is 109 cm³/mol. The third-order valence-corrected chi connectivity index (χ3v) is 5.29. The van der Waals surface area contributed by atoms with E-state index in [0.717, 1.165) is 43.3 Å². The first-order valence-electron chi connectivity index (χ1n) is 8.97. The van der Waals surface area contributed by atoms with Gasteiger partial charge in [-0.1, -0.05) is 36.4 Å². The summed E-state index contributed by atoms with van der Waals surface area (Å²) >= 11 is 1.45. The van der Waals surface area contributed by atoms with E-state index in [1.165, 1.54) is 11.3 Å². The Hall–Kier alpha value is -2.77. The number of rotatable bonds is 5. The van der Waals surface area contributed by atoms with Crippen LogP contribution in [0.5, 0.6) is 0 Å². The molecule has 1 fully saturated rings. The molecule has 1 aliphatic heterocycles. The van der Waals surface area contributed by atoms with Gasteiger partial charge in [0.15, 0.2) is 5.13 Å². The molecule has 1 amide bonds. The van der Waals surface area contributed by atoms with Crippen LogP contribution in [0.3, 0.4) is 0 Å². The molecule has 27 heavy (non-hydrogen) atoms. The lowest BCUT2D eigenvalue weighted by atomic mass is 10.2. The molecule has 0 atom stereocenters. The van der Waals surface area contributed by atoms with E-state index in [1.54, 1.807) is 0 Å². The molecule has 0 radical (unpaired) electrons. The summed E-state index contributed by atoms with van der Waals surface area (Å²) < 4.78 is 0. The monoisotopic (exact) mass is 379 g/mol. The molecule has 0 aliphatic carbocycles. The summed E-state index contributed by atoms with van der Waals surface area (Å²) in [4.78, 5) is 25.7. The second kappa shape index (κ2) is 8.28. The van der Waals surface area contributed by atoms with Gasteiger partial charge in [-0.2, -0.15) is 0 Å². The molecule has 1 aromatic carbocycles. The van der Waals surface area contributed by atoms with Crippen molar-refractivity contribution in [2.24, 2.45) is 0 Å². The van der Waals surface area contributed by atoms with Crippen LogP contribution in [-0.2, 0) is 4.79 Å². The van der Waals surface area contributed by atoms with Gasteiger partial charge < -0.3 is 10.2 Å². The summed E-state index contributed by atoms with van der Waals surface area (Å²) in [6.07, 6.45) is 1.81. The first kappa shape index (κ1) is 17.6. The lowest BCUT2D eigenvalue weighted by molar-refractivity contribution is -0.117. The molecule has 138 valence electrons. The Balaban J connectivity index is 1.27. The molecule has 1 N–H and O–H groups in total. The molecule has 0 bridgehead atoms. The molecule has 7 heteroatoms. The normalized spacial score (nSPS) is 14.9. The van der Waals surface area contributed by atoms with Gasteiger partial charge in [-0.05, 0) is 12.1 Å². The van der Waals surface area contributed by atoms with Crippen molar-refractivity contribution in [3.63, 3.8) is 0 Å². The number of pyridine rings is 1. The van der Waals surface area contributed by atoms with Gasteiger partial charge in [0.25, 0.3) is 0 Å². The number of hydrogen-bond acceptors (Lipinski definition) is 6. The van der Waals surface area contributed by atoms with E-state index >= 15 is 0 Å². The first-order valence-corrected chi connectivity index (χ1v) is 9.85. The number of carbonyl (C=O) groups is 1. The molecule has 0 unspecified atom stereocenters. The van der Waals surface area contributed by atoms with Crippen molar-refractivity contribution in [1.29, 1.82) is 0 Å². The third-order valence-electron chi connectivity index (χ3n) is 4.53. The molecule has 6 nitrogen and oxygen atoms in total. The van der Waals surface area contributed by atoms with Crippen molar-refractivity contribution in [1.82, 2.24) is 14.9 Å². The highest BCUT2D eigenvalue weighted by Crippen LogP contribution is 2.24. The Morgan fingerprint density at radius 1 is 1.04 bits per heavy atom. The van der Waals surface area contributed by atoms with Crippen molar-refractivity contribution in [3.8, 4) is 11.3 Å². The number of anilines is 2. The van der Waals surface area contributed by atoms with Gasteiger partial charge in [-0.25, -0.2) is 9.97 Å². The summed E-state index contributed by atoms with van der Waals surface area (Å²) in [5.74, 6) is 0.980. The minimum absolute atomic E-state index is 0.0183. The van der Waals surface area contributed by atoms with Crippen LogP contribution < -0.4 is 10.2 Å². The summed E-state index contributed by atoms with van der Waals surface area (Å²) in [7, 11) is 0. The number of aromatic nitrogens is 2. The van der Waals surface area contributed by atoms with E-state index in [1.807, 2.05) is 60.1 Å². The van der Waals surface area contributed by atoms with Crippen LogP contribution in [0.1, 0.15) is 0 Å². The average Bonchev–Trinajstić information content (AvgIpc) is 3.18. The van der Waals surface area contributed by atoms with Crippen LogP contribution in [0.2, 0.25) is 0 Å². The van der Waals surface area contributed by atoms with E-state index in [9.17, 15) is 4.79 Å². The minimum Gasteiger partial charge on any atom is -0.354 e. The Bertz CT molecular complexity index is 876. The topological polar surface area (TPSA) is 61.4 Å². The number of nitrogens with zero attached hydrogens (tertiary/aromatic N) is 4. The third kappa shape index (κ3) is 4.50. The molecule has 1 aliphatic rings. The van der Waals surface area contributed by atoms with Gasteiger partial charge in [0.05, 0.1) is 12.2 Å². The molecule has 4 rings (SSSR count). The van der Waals surface area contributed by atoms with Crippen molar-refractivity contribution in [2.45, 2.75) is 0 Å². The minimum atomic E-state index is -0.0183. The fraction of sp³-hybridized carbons (Fsp3) is 0.250. The zero-order chi connectivity index (χ0) is 18.5. The zero-order valence-electron chi connectivity index (χ0n) is 14.9. The maximum absolute atomic E-state index is 12.4. The van der Waals surface area contributed by atoms with Gasteiger partial charge in [-0.3, -0.25) is 9.69 Å². The van der Waals surface area contributed by atoms with Gasteiger partial charge in [0.2, 0.25) is 5.91 Å². The van der Waals surface area contributed by atoms with Gasteiger partial charge in [-0.15, -0.1) is 11.3 Å². The SMILES string of the molecule is O=C(CN1CCN(c2ccccn2)CC1)Nc1nc(-c2ccccc2)cs1. The second-order valence-electron chi connectivity index (χ2n) is 6.40. The van der Waals surface area contributed by atoms with Crippen LogP contribution in [-0.4, -0.2) is 53.5 Å². The van der Waals surface area contributed by atoms with E-state index in [4.69, 9.17) is 0 Å². The van der Waals surface area contributed by atoms with Crippen molar-refractivity contribution in [3.05, 3.63) is 60.1 Å². The zero-order valence-corrected chi connectivity index (χ0v) is 15.7. The molecular formula is C20H21N5OS. The van der Waals surface area contributed by atoms with Gasteiger partial charge >= 0.3 is 0 Å². The highest BCUT2D eigenvalue weighted by molar-refractivity contribution is 7.14. The highest BCUT2D eigenvalue weighted by atomic mass is 32.1. The first-order chi connectivity index (χ1) is 13.3. The predicted octanol–water partition coefficient (Wildman–Crippen LogP) is 2.97. The molecule has 3 heterocycles. The molecule has 1 saturated heterocycles. The Morgan fingerprint density at radius 2 is 1.81 bits per heavy atom. The van der Waals surface area contributed by atoms with E-state index in [0.29, 0.717) is 11.7 Å².